The van der Waals surface area contributed by atoms with Crippen molar-refractivity contribution in [1.82, 2.24) is 0 Å². The predicted octanol–water partition coefficient (Wildman–Crippen LogP) is 1.87. The minimum atomic E-state index is -2.46. The Bertz CT molecular complexity index is 1180. The topological polar surface area (TPSA) is 44.8 Å². The molecule has 1 aliphatic heterocycles. The first-order valence-corrected chi connectivity index (χ1v) is 12.6. The molecular weight excluding hydrogens is 511 g/mol. The molecule has 0 amide bonds. The lowest BCUT2D eigenvalue weighted by atomic mass is 10.1. The maximum absolute atomic E-state index is 13.2. The van der Waals surface area contributed by atoms with E-state index in [0.717, 1.165) is 21.5 Å². The van der Waals surface area contributed by atoms with E-state index in [-0.39, 0.29) is 23.0 Å². The van der Waals surface area contributed by atoms with Gasteiger partial charge in [0.25, 0.3) is 0 Å². The van der Waals surface area contributed by atoms with E-state index >= 15 is 0 Å². The normalized spacial score (nSPS) is 14.5. The van der Waals surface area contributed by atoms with Crippen molar-refractivity contribution >= 4 is 29.1 Å². The zero-order chi connectivity index (χ0) is 22.8. The molecule has 4 aromatic carbocycles. The summed E-state index contributed by atoms with van der Waals surface area (Å²) in [4.78, 5) is 13.2. The van der Waals surface area contributed by atoms with E-state index in [1.165, 1.54) is 0 Å². The summed E-state index contributed by atoms with van der Waals surface area (Å²) in [6.45, 7) is 0. The lowest BCUT2D eigenvalue weighted by Crippen LogP contribution is -3.00. The van der Waals surface area contributed by atoms with E-state index in [4.69, 9.17) is 14.2 Å². The van der Waals surface area contributed by atoms with Crippen molar-refractivity contribution in [1.29, 1.82) is 0 Å². The van der Waals surface area contributed by atoms with Crippen molar-refractivity contribution in [2.45, 2.75) is 5.85 Å². The third kappa shape index (κ3) is 3.79. The number of carbonyl (C=O) groups is 1. The van der Waals surface area contributed by atoms with Gasteiger partial charge in [0.1, 0.15) is 15.9 Å². The monoisotopic (exact) mass is 534 g/mol. The van der Waals surface area contributed by atoms with Crippen LogP contribution in [0.3, 0.4) is 0 Å². The molecule has 0 fully saturated rings. The van der Waals surface area contributed by atoms with Crippen LogP contribution in [-0.4, -0.2) is 20.2 Å². The van der Waals surface area contributed by atoms with Crippen molar-refractivity contribution in [3.05, 3.63) is 114 Å². The molecule has 34 heavy (non-hydrogen) atoms. The average molecular weight is 535 g/mol. The van der Waals surface area contributed by atoms with Crippen molar-refractivity contribution in [3.63, 3.8) is 0 Å². The fraction of sp³-hybridized carbons (Fsp3) is 0.107. The minimum Gasteiger partial charge on any atom is -1.00 e. The molecule has 1 heterocycles. The maximum atomic E-state index is 13.2. The van der Waals surface area contributed by atoms with Crippen LogP contribution in [0.2, 0.25) is 0 Å². The third-order valence-corrected chi connectivity index (χ3v) is 10.5. The van der Waals surface area contributed by atoms with Crippen molar-refractivity contribution < 1.29 is 36.0 Å². The standard InChI is InChI=1S/C28H24O4P.BrH/c1-30-25-18-23-24(19-26(25)31-2)28(32-27(23)29)33(20-12-6-3-7-13-20,21-14-8-4-9-15-21)22-16-10-5-11-17-22;/h3-19,28H,1-2H3;1H/q+1;/p-1. The smallest absolute Gasteiger partial charge is 0.342 e. The summed E-state index contributed by atoms with van der Waals surface area (Å²) >= 11 is 0. The summed E-state index contributed by atoms with van der Waals surface area (Å²) in [6, 6.07) is 34.8. The molecule has 172 valence electrons. The van der Waals surface area contributed by atoms with Crippen LogP contribution in [-0.2, 0) is 4.74 Å². The van der Waals surface area contributed by atoms with E-state index in [9.17, 15) is 4.79 Å². The fourth-order valence-corrected chi connectivity index (χ4v) is 9.15. The number of carbonyl (C=O) groups excluding carboxylic acids is 1. The van der Waals surface area contributed by atoms with Gasteiger partial charge < -0.3 is 31.2 Å². The van der Waals surface area contributed by atoms with Gasteiger partial charge in [0.15, 0.2) is 18.8 Å². The fourth-order valence-electron chi connectivity index (χ4n) is 4.63. The lowest BCUT2D eigenvalue weighted by molar-refractivity contribution is -0.0000242. The number of methoxy groups -OCH3 is 2. The van der Waals surface area contributed by atoms with Gasteiger partial charge in [0.2, 0.25) is 5.85 Å². The first kappa shape index (κ1) is 24.0. The van der Waals surface area contributed by atoms with E-state index in [1.54, 1.807) is 20.3 Å². The largest absolute Gasteiger partial charge is 1.00 e. The van der Waals surface area contributed by atoms with E-state index in [2.05, 4.69) is 36.4 Å². The molecule has 0 spiro atoms. The molecule has 0 N–H and O–H groups in total. The number of esters is 1. The van der Waals surface area contributed by atoms with Crippen LogP contribution in [0.1, 0.15) is 21.8 Å². The van der Waals surface area contributed by atoms with Crippen molar-refractivity contribution in [2.24, 2.45) is 0 Å². The van der Waals surface area contributed by atoms with Crippen LogP contribution in [0.15, 0.2) is 103 Å². The van der Waals surface area contributed by atoms with Gasteiger partial charge in [-0.15, -0.1) is 0 Å². The molecule has 6 heteroatoms. The zero-order valence-corrected chi connectivity index (χ0v) is 21.3. The highest BCUT2D eigenvalue weighted by atomic mass is 79.9. The van der Waals surface area contributed by atoms with Gasteiger partial charge in [-0.05, 0) is 48.5 Å². The van der Waals surface area contributed by atoms with Gasteiger partial charge in [-0.2, -0.15) is 0 Å². The van der Waals surface area contributed by atoms with Gasteiger partial charge in [-0.1, -0.05) is 54.6 Å². The molecule has 0 saturated carbocycles. The quantitative estimate of drug-likeness (QED) is 0.280. The summed E-state index contributed by atoms with van der Waals surface area (Å²) < 4.78 is 17.3. The molecule has 0 radical (unpaired) electrons. The molecule has 5 rings (SSSR count). The average Bonchev–Trinajstić information content (AvgIpc) is 3.21. The number of hydrogen-bond acceptors (Lipinski definition) is 4. The van der Waals surface area contributed by atoms with Crippen LogP contribution in [0.25, 0.3) is 0 Å². The van der Waals surface area contributed by atoms with Gasteiger partial charge >= 0.3 is 5.97 Å². The summed E-state index contributed by atoms with van der Waals surface area (Å²) in [6.07, 6.45) is 0. The highest BCUT2D eigenvalue weighted by Gasteiger charge is 2.59. The predicted molar refractivity (Wildman–Crippen MR) is 133 cm³/mol. The Labute approximate surface area is 210 Å². The van der Waals surface area contributed by atoms with Crippen LogP contribution < -0.4 is 42.4 Å². The van der Waals surface area contributed by atoms with Crippen LogP contribution in [0.5, 0.6) is 11.5 Å². The van der Waals surface area contributed by atoms with Crippen molar-refractivity contribution in [3.8, 4) is 11.5 Å². The van der Waals surface area contributed by atoms with Crippen LogP contribution >= 0.6 is 7.26 Å². The second kappa shape index (κ2) is 10.0. The number of fused-ring (bicyclic) bond motifs is 1. The first-order chi connectivity index (χ1) is 16.2. The molecule has 1 atom stereocenters. The SMILES string of the molecule is COc1cc2c(cc1OC)C([P+](c1ccccc1)(c1ccccc1)c1ccccc1)OC2=O.[Br-]. The number of hydrogen-bond donors (Lipinski definition) is 0. The van der Waals surface area contributed by atoms with Crippen molar-refractivity contribution in [2.75, 3.05) is 14.2 Å². The number of halogens is 1. The van der Waals surface area contributed by atoms with E-state index in [1.807, 2.05) is 60.7 Å². The Morgan fingerprint density at radius 1 is 0.676 bits per heavy atom. The molecule has 0 saturated heterocycles. The van der Waals surface area contributed by atoms with Crippen LogP contribution in [0.4, 0.5) is 0 Å². The highest BCUT2D eigenvalue weighted by molar-refractivity contribution is 7.95. The Balaban J connectivity index is 0.00000274. The summed E-state index contributed by atoms with van der Waals surface area (Å²) in [5.74, 6) is 0.249. The van der Waals surface area contributed by atoms with Gasteiger partial charge in [-0.25, -0.2) is 4.79 Å². The summed E-state index contributed by atoms with van der Waals surface area (Å²) in [5, 5.41) is 3.42. The molecule has 1 unspecified atom stereocenters. The Morgan fingerprint density at radius 3 is 1.50 bits per heavy atom. The highest BCUT2D eigenvalue weighted by Crippen LogP contribution is 2.69. The zero-order valence-electron chi connectivity index (χ0n) is 18.9. The van der Waals surface area contributed by atoms with Gasteiger partial charge in [0, 0.05) is 0 Å². The van der Waals surface area contributed by atoms with E-state index in [0.29, 0.717) is 17.1 Å². The van der Waals surface area contributed by atoms with Gasteiger partial charge in [-0.3, -0.25) is 0 Å². The van der Waals surface area contributed by atoms with E-state index < -0.39 is 13.1 Å². The second-order valence-corrected chi connectivity index (χ2v) is 11.2. The Hall–Kier alpha value is -3.14. The number of rotatable bonds is 6. The third-order valence-electron chi connectivity index (χ3n) is 6.10. The molecule has 4 aromatic rings. The summed E-state index contributed by atoms with van der Waals surface area (Å²) in [7, 11) is 0.705. The Kier molecular flexibility index (Phi) is 7.06. The molecule has 0 bridgehead atoms. The molecule has 1 aliphatic rings. The van der Waals surface area contributed by atoms with Crippen LogP contribution in [0, 0.1) is 0 Å². The molecular formula is C28H24BrO4P. The number of cyclic esters (lactones) is 1. The molecule has 0 aromatic heterocycles. The summed E-state index contributed by atoms with van der Waals surface area (Å²) in [5.41, 5.74) is 1.34. The first-order valence-electron chi connectivity index (χ1n) is 10.7. The lowest BCUT2D eigenvalue weighted by Gasteiger charge is -2.31. The Morgan fingerprint density at radius 2 is 1.09 bits per heavy atom. The number of benzene rings is 4. The van der Waals surface area contributed by atoms with Gasteiger partial charge in [0.05, 0.1) is 25.3 Å². The second-order valence-electron chi connectivity index (χ2n) is 7.78. The number of ether oxygens (including phenoxy) is 3. The minimum absolute atomic E-state index is 0. The molecule has 0 aliphatic carbocycles. The molecule has 4 nitrogen and oxygen atoms in total. The maximum Gasteiger partial charge on any atom is 0.342 e.